The van der Waals surface area contributed by atoms with E-state index < -0.39 is 72.0 Å². The number of nitrogen functional groups attached to an aromatic ring is 1. The molecular weight excluding hydrogens is 1020 g/mol. The van der Waals surface area contributed by atoms with Gasteiger partial charge in [0.1, 0.15) is 37.5 Å². The summed E-state index contributed by atoms with van der Waals surface area (Å²) in [5, 5.41) is 2.36. The summed E-state index contributed by atoms with van der Waals surface area (Å²) in [6.07, 6.45) is -1.43. The van der Waals surface area contributed by atoms with Crippen molar-refractivity contribution < 1.29 is 79.7 Å². The maximum Gasteiger partial charge on any atom is 0.490 e. The zero-order valence-electron chi connectivity index (χ0n) is 35.8. The van der Waals surface area contributed by atoms with Crippen molar-refractivity contribution in [2.75, 3.05) is 57.3 Å². The molecule has 7 atom stereocenters. The van der Waals surface area contributed by atoms with Crippen molar-refractivity contribution in [3.63, 3.8) is 0 Å². The van der Waals surface area contributed by atoms with E-state index in [0.29, 0.717) is 17.7 Å². The number of anilines is 1. The lowest BCUT2D eigenvalue weighted by Gasteiger charge is -2.22. The van der Waals surface area contributed by atoms with Crippen molar-refractivity contribution in [3.05, 3.63) is 93.0 Å². The Bertz CT molecular complexity index is 2470. The van der Waals surface area contributed by atoms with Gasteiger partial charge in [-0.3, -0.25) is 13.9 Å². The van der Waals surface area contributed by atoms with Gasteiger partial charge in [-0.15, -0.1) is 0 Å². The Morgan fingerprint density at radius 1 is 0.955 bits per heavy atom. The van der Waals surface area contributed by atoms with Crippen LogP contribution in [0, 0.1) is 11.8 Å². The molecule has 5 unspecified atom stereocenters. The first-order valence-electron chi connectivity index (χ1n) is 19.5. The standard InChI is InChI=1S/C37H48N5O18P3S4/c1-23(66-64-3)26-10-5-7-13-29(26)36(45)58-30-19-33(57-31(30)21-56-62(50,51)60-63(52,53)59-61(47,48)49)42-20-25(34(39)41-37(42)46)9-8-15-40-32(43)22-54-16-17-55-35(44)28-12-6-4-11-27(28)24(2)67-65-18-14-38/h4-7,10-13,20,23-24,30-31,33H,14-19,21-22,38H2,1-3H3,(H,40,43)(H,50,51)(H,52,53)(H2,39,41,46)(H2,47,48,49)/t23?,24?,30-,31?,33-/m1/s1. The fraction of sp³-hybridized carbons (Fsp3) is 0.432. The third-order valence-electron chi connectivity index (χ3n) is 8.73. The van der Waals surface area contributed by atoms with E-state index in [-0.39, 0.29) is 60.2 Å². The molecule has 1 aliphatic rings. The largest absolute Gasteiger partial charge is 0.490 e. The first kappa shape index (κ1) is 56.4. The van der Waals surface area contributed by atoms with Crippen LogP contribution in [-0.2, 0) is 50.6 Å². The Morgan fingerprint density at radius 3 is 2.24 bits per heavy atom. The number of nitrogens with two attached hydrogens (primary N) is 2. The first-order chi connectivity index (χ1) is 31.6. The SMILES string of the molecule is CSSC(C)c1ccccc1C(=O)O[C@@H]1C[C@H](n2cc(C#CCNC(=O)COCCOC(=O)c3ccccc3C(C)SSCCN)c(N)nc2=O)OC1COP(=O)(O)OP(=O)(O)OP(=O)(O)O. The number of aromatic nitrogens is 2. The van der Waals surface area contributed by atoms with Crippen molar-refractivity contribution in [1.82, 2.24) is 14.9 Å². The van der Waals surface area contributed by atoms with E-state index in [1.54, 1.807) is 51.9 Å². The van der Waals surface area contributed by atoms with Crippen LogP contribution in [0.3, 0.4) is 0 Å². The minimum Gasteiger partial charge on any atom is -0.460 e. The molecule has 30 heteroatoms. The zero-order valence-corrected chi connectivity index (χ0v) is 41.7. The molecule has 0 spiro atoms. The van der Waals surface area contributed by atoms with E-state index in [4.69, 9.17) is 44.7 Å². The van der Waals surface area contributed by atoms with Crippen LogP contribution in [0.2, 0.25) is 0 Å². The molecule has 0 saturated carbocycles. The number of esters is 2. The molecule has 4 rings (SSSR count). The molecule has 368 valence electrons. The van der Waals surface area contributed by atoms with E-state index in [2.05, 4.69) is 30.8 Å². The topological polar surface area (TPSA) is 347 Å². The van der Waals surface area contributed by atoms with Crippen LogP contribution in [0.4, 0.5) is 5.82 Å². The van der Waals surface area contributed by atoms with Crippen LogP contribution < -0.4 is 22.5 Å². The number of phosphoric ester groups is 1. The fourth-order valence-corrected chi connectivity index (χ4v) is 12.9. The lowest BCUT2D eigenvalue weighted by Crippen LogP contribution is -2.31. The van der Waals surface area contributed by atoms with Gasteiger partial charge in [0.2, 0.25) is 5.91 Å². The van der Waals surface area contributed by atoms with Crippen LogP contribution in [0.5, 0.6) is 0 Å². The van der Waals surface area contributed by atoms with Crippen LogP contribution in [0.15, 0.2) is 59.5 Å². The van der Waals surface area contributed by atoms with E-state index >= 15 is 0 Å². The van der Waals surface area contributed by atoms with Crippen LogP contribution >= 0.6 is 66.6 Å². The molecule has 0 aliphatic carbocycles. The smallest absolute Gasteiger partial charge is 0.460 e. The lowest BCUT2D eigenvalue weighted by atomic mass is 10.0. The number of nitrogens with one attached hydrogen (secondary N) is 1. The predicted molar refractivity (Wildman–Crippen MR) is 251 cm³/mol. The first-order valence-corrected chi connectivity index (χ1v) is 29.1. The number of hydrogen-bond donors (Lipinski definition) is 7. The van der Waals surface area contributed by atoms with Gasteiger partial charge in [0.15, 0.2) is 0 Å². The molecule has 1 amide bonds. The summed E-state index contributed by atoms with van der Waals surface area (Å²) in [6.45, 7) is 2.60. The second-order valence-corrected chi connectivity index (χ2v) is 23.7. The van der Waals surface area contributed by atoms with Crippen molar-refractivity contribution >= 4 is 90.3 Å². The lowest BCUT2D eigenvalue weighted by molar-refractivity contribution is -0.125. The molecular formula is C37H48N5O18P3S4. The van der Waals surface area contributed by atoms with Gasteiger partial charge in [-0.2, -0.15) is 13.6 Å². The van der Waals surface area contributed by atoms with Crippen molar-refractivity contribution in [2.45, 2.75) is 49.2 Å². The number of hydrogen-bond acceptors (Lipinski definition) is 21. The minimum atomic E-state index is -5.87. The number of phosphoric acid groups is 3. The molecule has 9 N–H and O–H groups in total. The molecule has 1 saturated heterocycles. The van der Waals surface area contributed by atoms with E-state index in [1.165, 1.54) is 33.9 Å². The number of carbonyl (C=O) groups excluding carboxylic acids is 3. The highest BCUT2D eigenvalue weighted by Crippen LogP contribution is 2.66. The van der Waals surface area contributed by atoms with Gasteiger partial charge in [-0.05, 0) is 43.4 Å². The number of ether oxygens (including phenoxy) is 4. The highest BCUT2D eigenvalue weighted by molar-refractivity contribution is 8.77. The third-order valence-corrected chi connectivity index (χ3v) is 17.6. The van der Waals surface area contributed by atoms with E-state index in [0.717, 1.165) is 15.9 Å². The zero-order chi connectivity index (χ0) is 49.4. The van der Waals surface area contributed by atoms with Crippen LogP contribution in [0.1, 0.15) is 74.4 Å². The Balaban J connectivity index is 1.39. The highest BCUT2D eigenvalue weighted by Gasteiger charge is 2.44. The molecule has 0 radical (unpaired) electrons. The average Bonchev–Trinajstić information content (AvgIpc) is 3.65. The summed E-state index contributed by atoms with van der Waals surface area (Å²) in [4.78, 5) is 93.2. The second-order valence-electron chi connectivity index (χ2n) is 13.6. The monoisotopic (exact) mass is 1070 g/mol. The summed E-state index contributed by atoms with van der Waals surface area (Å²) in [5.41, 5.74) is 12.6. The number of carbonyl (C=O) groups is 3. The van der Waals surface area contributed by atoms with E-state index in [1.807, 2.05) is 32.2 Å². The predicted octanol–water partition coefficient (Wildman–Crippen LogP) is 4.50. The van der Waals surface area contributed by atoms with Gasteiger partial charge >= 0.3 is 41.1 Å². The maximum absolute atomic E-state index is 13.6. The average molecular weight is 1070 g/mol. The molecule has 67 heavy (non-hydrogen) atoms. The Morgan fingerprint density at radius 2 is 1.60 bits per heavy atom. The van der Waals surface area contributed by atoms with Crippen LogP contribution in [-0.4, -0.2) is 111 Å². The molecule has 1 aliphatic heterocycles. The number of rotatable bonds is 25. The summed E-state index contributed by atoms with van der Waals surface area (Å²) < 4.78 is 71.3. The van der Waals surface area contributed by atoms with Gasteiger partial charge in [-0.1, -0.05) is 91.4 Å². The Labute approximate surface area is 400 Å². The second kappa shape index (κ2) is 26.7. The van der Waals surface area contributed by atoms with Gasteiger partial charge in [0.25, 0.3) is 0 Å². The molecule has 1 aromatic heterocycles. The van der Waals surface area contributed by atoms with Gasteiger partial charge in [0.05, 0.1) is 36.4 Å². The normalized spacial score (nSPS) is 18.7. The van der Waals surface area contributed by atoms with Gasteiger partial charge < -0.3 is 55.3 Å². The van der Waals surface area contributed by atoms with E-state index in [9.17, 15) is 42.7 Å². The van der Waals surface area contributed by atoms with Gasteiger partial charge in [0, 0.05) is 35.4 Å². The highest BCUT2D eigenvalue weighted by atomic mass is 33.1. The number of nitrogens with zero attached hydrogens (tertiary/aromatic N) is 2. The van der Waals surface area contributed by atoms with Crippen molar-refractivity contribution in [3.8, 4) is 11.8 Å². The summed E-state index contributed by atoms with van der Waals surface area (Å²) >= 11 is 0. The number of amides is 1. The Kier molecular flexibility index (Phi) is 22.4. The fourth-order valence-electron chi connectivity index (χ4n) is 5.89. The maximum atomic E-state index is 13.6. The van der Waals surface area contributed by atoms with Crippen LogP contribution in [0.25, 0.3) is 0 Å². The quantitative estimate of drug-likeness (QED) is 0.0202. The van der Waals surface area contributed by atoms with Gasteiger partial charge in [-0.25, -0.2) is 28.1 Å². The van der Waals surface area contributed by atoms with Crippen molar-refractivity contribution in [1.29, 1.82) is 0 Å². The molecule has 2 heterocycles. The molecule has 0 bridgehead atoms. The number of benzene rings is 2. The third kappa shape index (κ3) is 18.6. The minimum absolute atomic E-state index is 0.00106. The molecule has 3 aromatic rings. The summed E-state index contributed by atoms with van der Waals surface area (Å²) in [7, 11) is -11.1. The Hall–Kier alpha value is -3.22. The van der Waals surface area contributed by atoms with Crippen molar-refractivity contribution in [2.24, 2.45) is 5.73 Å². The summed E-state index contributed by atoms with van der Waals surface area (Å²) in [6, 6.07) is 13.7. The molecule has 23 nitrogen and oxygen atoms in total. The molecule has 1 fully saturated rings. The molecule has 2 aromatic carbocycles. The summed E-state index contributed by atoms with van der Waals surface area (Å²) in [5.74, 6) is 3.90.